The Morgan fingerprint density at radius 1 is 0.867 bits per heavy atom. The van der Waals surface area contributed by atoms with Gasteiger partial charge in [-0.3, -0.25) is 0 Å². The Hall–Kier alpha value is -3.67. The molecule has 0 amide bonds. The maximum atomic E-state index is 5.84. The van der Waals surface area contributed by atoms with Crippen LogP contribution in [-0.2, 0) is 0 Å². The van der Waals surface area contributed by atoms with E-state index < -0.39 is 0 Å². The molecule has 0 atom stereocenters. The zero-order valence-electron chi connectivity index (χ0n) is 16.9. The van der Waals surface area contributed by atoms with Crippen molar-refractivity contribution in [3.63, 3.8) is 0 Å². The van der Waals surface area contributed by atoms with E-state index >= 15 is 0 Å². The van der Waals surface area contributed by atoms with Gasteiger partial charge in [-0.2, -0.15) is 0 Å². The molecule has 1 aliphatic heterocycles. The first-order chi connectivity index (χ1) is 14.7. The van der Waals surface area contributed by atoms with E-state index in [1.54, 1.807) is 0 Å². The van der Waals surface area contributed by atoms with Crippen molar-refractivity contribution in [2.75, 3.05) is 23.3 Å². The van der Waals surface area contributed by atoms with Gasteiger partial charge in [0.05, 0.1) is 5.69 Å². The Bertz CT molecular complexity index is 1150. The number of aromatic nitrogens is 3. The van der Waals surface area contributed by atoms with Crippen LogP contribution in [0.4, 0.5) is 17.5 Å². The number of benzene rings is 2. The summed E-state index contributed by atoms with van der Waals surface area (Å²) in [5.41, 5.74) is 4.95. The Morgan fingerprint density at radius 2 is 1.63 bits per heavy atom. The van der Waals surface area contributed by atoms with Crippen LogP contribution >= 0.6 is 0 Å². The Kier molecular flexibility index (Phi) is 4.89. The van der Waals surface area contributed by atoms with E-state index in [1.807, 2.05) is 48.5 Å². The first-order valence-corrected chi connectivity index (χ1v) is 10.2. The highest BCUT2D eigenvalue weighted by atomic mass is 16.4. The van der Waals surface area contributed by atoms with Crippen LogP contribution in [0.15, 0.2) is 71.1 Å². The lowest BCUT2D eigenvalue weighted by atomic mass is 10.1. The number of nitrogens with one attached hydrogen (secondary N) is 1. The zero-order chi connectivity index (χ0) is 20.3. The van der Waals surface area contributed by atoms with Gasteiger partial charge in [0, 0.05) is 29.9 Å². The molecule has 1 aliphatic rings. The molecular weight excluding hydrogens is 374 g/mol. The van der Waals surface area contributed by atoms with Gasteiger partial charge >= 0.3 is 6.01 Å². The van der Waals surface area contributed by atoms with Gasteiger partial charge < -0.3 is 14.6 Å². The number of pyridine rings is 1. The second-order valence-corrected chi connectivity index (χ2v) is 7.56. The first kappa shape index (κ1) is 18.4. The van der Waals surface area contributed by atoms with E-state index in [4.69, 9.17) is 9.40 Å². The third-order valence-corrected chi connectivity index (χ3v) is 5.30. The van der Waals surface area contributed by atoms with Crippen LogP contribution in [0.25, 0.3) is 22.7 Å². The van der Waals surface area contributed by atoms with Gasteiger partial charge in [-0.25, -0.2) is 4.98 Å². The molecule has 3 heterocycles. The van der Waals surface area contributed by atoms with Gasteiger partial charge in [-0.15, -0.1) is 5.10 Å². The fraction of sp³-hybridized carbons (Fsp3) is 0.208. The molecule has 2 aromatic carbocycles. The quantitative estimate of drug-likeness (QED) is 0.483. The SMILES string of the molecule is Cc1ccc(Nc2nnc(-c3cccc(-c4cccc(N5CCCC5)n4)c3)o2)cc1. The van der Waals surface area contributed by atoms with E-state index in [-0.39, 0.29) is 0 Å². The largest absolute Gasteiger partial charge is 0.403 e. The lowest BCUT2D eigenvalue weighted by Crippen LogP contribution is -2.18. The minimum absolute atomic E-state index is 0.369. The van der Waals surface area contributed by atoms with Crippen molar-refractivity contribution in [1.82, 2.24) is 15.2 Å². The molecule has 0 bridgehead atoms. The molecule has 1 fully saturated rings. The molecule has 2 aromatic heterocycles. The number of anilines is 3. The van der Waals surface area contributed by atoms with Crippen molar-refractivity contribution in [1.29, 1.82) is 0 Å². The van der Waals surface area contributed by atoms with E-state index in [9.17, 15) is 0 Å². The number of hydrogen-bond acceptors (Lipinski definition) is 6. The second-order valence-electron chi connectivity index (χ2n) is 7.56. The van der Waals surface area contributed by atoms with Crippen LogP contribution in [0, 0.1) is 6.92 Å². The Labute approximate surface area is 175 Å². The van der Waals surface area contributed by atoms with Gasteiger partial charge in [0.25, 0.3) is 0 Å². The summed E-state index contributed by atoms with van der Waals surface area (Å²) in [5.74, 6) is 1.51. The van der Waals surface area contributed by atoms with Crippen molar-refractivity contribution in [3.8, 4) is 22.7 Å². The summed E-state index contributed by atoms with van der Waals surface area (Å²) >= 11 is 0. The molecule has 0 spiro atoms. The third-order valence-electron chi connectivity index (χ3n) is 5.30. The third kappa shape index (κ3) is 3.89. The van der Waals surface area contributed by atoms with Crippen LogP contribution in [-0.4, -0.2) is 28.3 Å². The molecule has 0 radical (unpaired) electrons. The number of nitrogens with zero attached hydrogens (tertiary/aromatic N) is 4. The van der Waals surface area contributed by atoms with Gasteiger partial charge in [0.1, 0.15) is 5.82 Å². The highest BCUT2D eigenvalue weighted by Crippen LogP contribution is 2.28. The molecule has 4 aromatic rings. The maximum Gasteiger partial charge on any atom is 0.320 e. The fourth-order valence-corrected chi connectivity index (χ4v) is 3.67. The minimum atomic E-state index is 0.369. The van der Waals surface area contributed by atoms with E-state index in [0.717, 1.165) is 41.4 Å². The fourth-order valence-electron chi connectivity index (χ4n) is 3.67. The molecule has 150 valence electrons. The molecule has 30 heavy (non-hydrogen) atoms. The smallest absolute Gasteiger partial charge is 0.320 e. The van der Waals surface area contributed by atoms with Gasteiger partial charge in [0.2, 0.25) is 5.89 Å². The van der Waals surface area contributed by atoms with Crippen molar-refractivity contribution in [3.05, 3.63) is 72.3 Å². The Balaban J connectivity index is 1.38. The molecule has 5 rings (SSSR count). The summed E-state index contributed by atoms with van der Waals surface area (Å²) in [7, 11) is 0. The van der Waals surface area contributed by atoms with E-state index in [2.05, 4.69) is 45.5 Å². The molecular formula is C24H23N5O. The summed E-state index contributed by atoms with van der Waals surface area (Å²) < 4.78 is 5.84. The van der Waals surface area contributed by atoms with Gasteiger partial charge in [-0.05, 0) is 56.2 Å². The predicted octanol–water partition coefficient (Wildman–Crippen LogP) is 5.45. The van der Waals surface area contributed by atoms with Crippen molar-refractivity contribution >= 4 is 17.5 Å². The molecule has 6 nitrogen and oxygen atoms in total. The summed E-state index contributed by atoms with van der Waals surface area (Å²) in [6, 6.07) is 22.7. The highest BCUT2D eigenvalue weighted by Gasteiger charge is 2.15. The molecule has 1 N–H and O–H groups in total. The van der Waals surface area contributed by atoms with Crippen LogP contribution in [0.2, 0.25) is 0 Å². The molecule has 6 heteroatoms. The van der Waals surface area contributed by atoms with Crippen LogP contribution in [0.1, 0.15) is 18.4 Å². The average molecular weight is 397 g/mol. The molecule has 0 unspecified atom stereocenters. The van der Waals surface area contributed by atoms with Crippen LogP contribution in [0.5, 0.6) is 0 Å². The lowest BCUT2D eigenvalue weighted by Gasteiger charge is -2.17. The zero-order valence-corrected chi connectivity index (χ0v) is 16.9. The normalized spacial score (nSPS) is 13.6. The van der Waals surface area contributed by atoms with Gasteiger partial charge in [0.15, 0.2) is 0 Å². The number of aryl methyl sites for hydroxylation is 1. The monoisotopic (exact) mass is 397 g/mol. The molecule has 0 saturated carbocycles. The summed E-state index contributed by atoms with van der Waals surface area (Å²) in [6.45, 7) is 4.21. The second kappa shape index (κ2) is 7.99. The first-order valence-electron chi connectivity index (χ1n) is 10.2. The van der Waals surface area contributed by atoms with Crippen molar-refractivity contribution in [2.45, 2.75) is 19.8 Å². The number of rotatable bonds is 5. The minimum Gasteiger partial charge on any atom is -0.403 e. The number of hydrogen-bond donors (Lipinski definition) is 1. The van der Waals surface area contributed by atoms with Crippen LogP contribution in [0.3, 0.4) is 0 Å². The highest BCUT2D eigenvalue weighted by molar-refractivity contribution is 5.68. The standard InChI is InChI=1S/C24H23N5O/c1-17-10-12-20(13-11-17)25-24-28-27-23(30-24)19-7-4-6-18(16-19)21-8-5-9-22(26-21)29-14-2-3-15-29/h4-13,16H,2-3,14-15H2,1H3,(H,25,28). The van der Waals surface area contributed by atoms with E-state index in [0.29, 0.717) is 11.9 Å². The van der Waals surface area contributed by atoms with Gasteiger partial charge in [-0.1, -0.05) is 41.0 Å². The molecule has 1 saturated heterocycles. The summed E-state index contributed by atoms with van der Waals surface area (Å²) in [5, 5.41) is 11.5. The summed E-state index contributed by atoms with van der Waals surface area (Å²) in [4.78, 5) is 7.22. The predicted molar refractivity (Wildman–Crippen MR) is 119 cm³/mol. The average Bonchev–Trinajstić information content (AvgIpc) is 3.48. The van der Waals surface area contributed by atoms with Crippen molar-refractivity contribution in [2.24, 2.45) is 0 Å². The van der Waals surface area contributed by atoms with E-state index in [1.165, 1.54) is 18.4 Å². The molecule has 0 aliphatic carbocycles. The van der Waals surface area contributed by atoms with Crippen LogP contribution < -0.4 is 10.2 Å². The van der Waals surface area contributed by atoms with Crippen molar-refractivity contribution < 1.29 is 4.42 Å². The maximum absolute atomic E-state index is 5.84. The lowest BCUT2D eigenvalue weighted by molar-refractivity contribution is 0.587. The summed E-state index contributed by atoms with van der Waals surface area (Å²) in [6.07, 6.45) is 2.47. The Morgan fingerprint density at radius 3 is 2.47 bits per heavy atom. The topological polar surface area (TPSA) is 67.1 Å².